The molecule has 0 heterocycles. The largest absolute Gasteiger partial charge is 0.497 e. The van der Waals surface area contributed by atoms with E-state index >= 15 is 0 Å². The zero-order valence-corrected chi connectivity index (χ0v) is 9.74. The van der Waals surface area contributed by atoms with Gasteiger partial charge in [0, 0.05) is 18.1 Å². The normalized spacial score (nSPS) is 8.82. The highest BCUT2D eigenvalue weighted by molar-refractivity contribution is 5.80. The monoisotopic (exact) mass is 231 g/mol. The van der Waals surface area contributed by atoms with Crippen molar-refractivity contribution in [2.75, 3.05) is 13.7 Å². The Morgan fingerprint density at radius 2 is 2.29 bits per heavy atom. The molecule has 0 aliphatic carbocycles. The summed E-state index contributed by atoms with van der Waals surface area (Å²) in [7, 11) is 1.53. The lowest BCUT2D eigenvalue weighted by atomic mass is 10.1. The third-order valence-electron chi connectivity index (χ3n) is 2.03. The minimum atomic E-state index is -0.135. The van der Waals surface area contributed by atoms with Crippen LogP contribution in [0.15, 0.2) is 18.2 Å². The van der Waals surface area contributed by atoms with E-state index in [1.807, 2.05) is 0 Å². The van der Waals surface area contributed by atoms with Gasteiger partial charge in [0.2, 0.25) is 5.91 Å². The van der Waals surface area contributed by atoms with Crippen LogP contribution in [-0.2, 0) is 4.79 Å². The van der Waals surface area contributed by atoms with Gasteiger partial charge in [-0.1, -0.05) is 11.8 Å². The van der Waals surface area contributed by atoms with Crippen LogP contribution in [-0.4, -0.2) is 25.8 Å². The molecule has 1 aromatic carbocycles. The number of ether oxygens (including phenoxy) is 1. The van der Waals surface area contributed by atoms with E-state index in [0.717, 1.165) is 6.29 Å². The molecular formula is C13H13NO3. The van der Waals surface area contributed by atoms with Crippen LogP contribution in [0.1, 0.15) is 22.8 Å². The van der Waals surface area contributed by atoms with E-state index in [2.05, 4.69) is 17.2 Å². The third-order valence-corrected chi connectivity index (χ3v) is 2.03. The molecule has 4 nitrogen and oxygen atoms in total. The first-order valence-electron chi connectivity index (χ1n) is 5.04. The van der Waals surface area contributed by atoms with Crippen molar-refractivity contribution in [2.45, 2.75) is 6.92 Å². The lowest BCUT2D eigenvalue weighted by Crippen LogP contribution is -2.19. The molecule has 1 rings (SSSR count). The summed E-state index contributed by atoms with van der Waals surface area (Å²) in [6.45, 7) is 1.69. The Hall–Kier alpha value is -2.28. The number of carbonyl (C=O) groups is 2. The number of amides is 1. The SMILES string of the molecule is COc1ccc(C#CCNC(C)=O)c(C=O)c1. The van der Waals surface area contributed by atoms with E-state index in [4.69, 9.17) is 4.74 Å². The molecule has 0 unspecified atom stereocenters. The number of carbonyl (C=O) groups excluding carboxylic acids is 2. The number of hydrogen-bond donors (Lipinski definition) is 1. The molecule has 1 aromatic rings. The van der Waals surface area contributed by atoms with Crippen LogP contribution in [0.5, 0.6) is 5.75 Å². The van der Waals surface area contributed by atoms with E-state index in [-0.39, 0.29) is 12.5 Å². The number of benzene rings is 1. The average Bonchev–Trinajstić information content (AvgIpc) is 2.34. The number of aldehydes is 1. The lowest BCUT2D eigenvalue weighted by molar-refractivity contribution is -0.118. The number of hydrogen-bond acceptors (Lipinski definition) is 3. The summed E-state index contributed by atoms with van der Waals surface area (Å²) in [6.07, 6.45) is 0.727. The summed E-state index contributed by atoms with van der Waals surface area (Å²) in [6, 6.07) is 5.06. The second-order valence-electron chi connectivity index (χ2n) is 3.28. The van der Waals surface area contributed by atoms with Gasteiger partial charge in [-0.2, -0.15) is 0 Å². The van der Waals surface area contributed by atoms with Gasteiger partial charge in [-0.25, -0.2) is 0 Å². The average molecular weight is 231 g/mol. The molecule has 0 aromatic heterocycles. The van der Waals surface area contributed by atoms with Crippen LogP contribution in [0.3, 0.4) is 0 Å². The fourth-order valence-corrected chi connectivity index (χ4v) is 1.19. The summed E-state index contributed by atoms with van der Waals surface area (Å²) in [5.74, 6) is 6.06. The Kier molecular flexibility index (Phi) is 4.77. The van der Waals surface area contributed by atoms with Crippen molar-refractivity contribution in [3.63, 3.8) is 0 Å². The quantitative estimate of drug-likeness (QED) is 0.623. The van der Waals surface area contributed by atoms with Gasteiger partial charge in [0.05, 0.1) is 13.7 Å². The van der Waals surface area contributed by atoms with E-state index in [0.29, 0.717) is 16.9 Å². The molecule has 4 heteroatoms. The first-order chi connectivity index (χ1) is 8.17. The molecular weight excluding hydrogens is 218 g/mol. The summed E-state index contributed by atoms with van der Waals surface area (Å²) >= 11 is 0. The van der Waals surface area contributed by atoms with Gasteiger partial charge in [0.1, 0.15) is 5.75 Å². The van der Waals surface area contributed by atoms with Crippen LogP contribution in [0.4, 0.5) is 0 Å². The minimum absolute atomic E-state index is 0.135. The van der Waals surface area contributed by atoms with E-state index < -0.39 is 0 Å². The molecule has 0 fully saturated rings. The van der Waals surface area contributed by atoms with Crippen molar-refractivity contribution in [3.05, 3.63) is 29.3 Å². The highest BCUT2D eigenvalue weighted by Crippen LogP contribution is 2.15. The lowest BCUT2D eigenvalue weighted by Gasteiger charge is -2.01. The van der Waals surface area contributed by atoms with Gasteiger partial charge in [0.15, 0.2) is 6.29 Å². The molecule has 0 atom stereocenters. The van der Waals surface area contributed by atoms with E-state index in [1.165, 1.54) is 14.0 Å². The van der Waals surface area contributed by atoms with Gasteiger partial charge in [0.25, 0.3) is 0 Å². The van der Waals surface area contributed by atoms with Gasteiger partial charge in [-0.3, -0.25) is 9.59 Å². The van der Waals surface area contributed by atoms with Gasteiger partial charge >= 0.3 is 0 Å². The zero-order chi connectivity index (χ0) is 12.7. The third kappa shape index (κ3) is 3.99. The molecule has 1 N–H and O–H groups in total. The van der Waals surface area contributed by atoms with Crippen LogP contribution in [0.2, 0.25) is 0 Å². The predicted octanol–water partition coefficient (Wildman–Crippen LogP) is 0.995. The van der Waals surface area contributed by atoms with Gasteiger partial charge in [-0.15, -0.1) is 0 Å². The number of rotatable bonds is 3. The van der Waals surface area contributed by atoms with Crippen LogP contribution >= 0.6 is 0 Å². The molecule has 0 radical (unpaired) electrons. The maximum absolute atomic E-state index is 10.8. The predicted molar refractivity (Wildman–Crippen MR) is 63.9 cm³/mol. The highest BCUT2D eigenvalue weighted by Gasteiger charge is 2.00. The second-order valence-corrected chi connectivity index (χ2v) is 3.28. The fourth-order valence-electron chi connectivity index (χ4n) is 1.19. The zero-order valence-electron chi connectivity index (χ0n) is 9.74. The Bertz CT molecular complexity index is 483. The molecule has 0 saturated heterocycles. The maximum Gasteiger partial charge on any atom is 0.217 e. The molecule has 17 heavy (non-hydrogen) atoms. The van der Waals surface area contributed by atoms with Crippen molar-refractivity contribution in [1.82, 2.24) is 5.32 Å². The highest BCUT2D eigenvalue weighted by atomic mass is 16.5. The minimum Gasteiger partial charge on any atom is -0.497 e. The van der Waals surface area contributed by atoms with Gasteiger partial charge < -0.3 is 10.1 Å². The maximum atomic E-state index is 10.8. The molecule has 0 aliphatic heterocycles. The van der Waals surface area contributed by atoms with Crippen molar-refractivity contribution >= 4 is 12.2 Å². The molecule has 1 amide bonds. The first kappa shape index (κ1) is 12.8. The number of methoxy groups -OCH3 is 1. The number of nitrogens with one attached hydrogen (secondary N) is 1. The molecule has 0 aliphatic rings. The summed E-state index contributed by atoms with van der Waals surface area (Å²) in [4.78, 5) is 21.5. The van der Waals surface area contributed by atoms with Crippen molar-refractivity contribution in [2.24, 2.45) is 0 Å². The topological polar surface area (TPSA) is 55.4 Å². The van der Waals surface area contributed by atoms with Crippen LogP contribution in [0.25, 0.3) is 0 Å². The summed E-state index contributed by atoms with van der Waals surface area (Å²) < 4.78 is 5.00. The molecule has 0 saturated carbocycles. The van der Waals surface area contributed by atoms with Crippen molar-refractivity contribution in [3.8, 4) is 17.6 Å². The Labute approximate surface area is 100.0 Å². The molecule has 0 spiro atoms. The Balaban J connectivity index is 2.83. The van der Waals surface area contributed by atoms with Crippen molar-refractivity contribution in [1.29, 1.82) is 0 Å². The summed E-state index contributed by atoms with van der Waals surface area (Å²) in [5, 5.41) is 2.55. The molecule has 88 valence electrons. The fraction of sp³-hybridized carbons (Fsp3) is 0.231. The Morgan fingerprint density at radius 1 is 1.53 bits per heavy atom. The van der Waals surface area contributed by atoms with Gasteiger partial charge in [-0.05, 0) is 18.2 Å². The smallest absolute Gasteiger partial charge is 0.217 e. The Morgan fingerprint density at radius 3 is 2.88 bits per heavy atom. The van der Waals surface area contributed by atoms with E-state index in [9.17, 15) is 9.59 Å². The summed E-state index contributed by atoms with van der Waals surface area (Å²) in [5.41, 5.74) is 1.09. The first-order valence-corrected chi connectivity index (χ1v) is 5.04. The molecule has 0 bridgehead atoms. The van der Waals surface area contributed by atoms with Crippen LogP contribution in [0, 0.1) is 11.8 Å². The second kappa shape index (κ2) is 6.33. The van der Waals surface area contributed by atoms with Crippen LogP contribution < -0.4 is 10.1 Å². The van der Waals surface area contributed by atoms with E-state index in [1.54, 1.807) is 18.2 Å². The standard InChI is InChI=1S/C13H13NO3/c1-10(16)14-7-3-4-11-5-6-13(17-2)8-12(11)9-15/h5-6,8-9H,7H2,1-2H3,(H,14,16). The van der Waals surface area contributed by atoms with Crippen molar-refractivity contribution < 1.29 is 14.3 Å².